The number of halogens is 1. The molecule has 0 radical (unpaired) electrons. The second kappa shape index (κ2) is 16.2. The Kier molecular flexibility index (Phi) is 11.3. The molecule has 2 aliphatic rings. The molecule has 2 N–H and O–H groups in total. The minimum atomic E-state index is -1.13. The van der Waals surface area contributed by atoms with Gasteiger partial charge in [0.15, 0.2) is 11.5 Å². The number of nitrogens with one attached hydrogen (secondary N) is 1. The third kappa shape index (κ3) is 8.76. The Morgan fingerprint density at radius 3 is 2.24 bits per heavy atom. The van der Waals surface area contributed by atoms with E-state index in [2.05, 4.69) is 5.32 Å². The molecule has 0 aromatic heterocycles. The monoisotopic (exact) mass is 709 g/mol. The van der Waals surface area contributed by atoms with Gasteiger partial charge in [-0.3, -0.25) is 24.1 Å². The molecule has 2 unspecified atom stereocenters. The van der Waals surface area contributed by atoms with Gasteiger partial charge in [0.05, 0.1) is 23.3 Å². The number of rotatable bonds is 15. The number of ether oxygens (including phenoxy) is 2. The number of imide groups is 1. The summed E-state index contributed by atoms with van der Waals surface area (Å²) in [4.78, 5) is 55.6. The van der Waals surface area contributed by atoms with Crippen molar-refractivity contribution in [3.05, 3.63) is 129 Å². The molecule has 4 aromatic rings. The quantitative estimate of drug-likeness (QED) is 0.164. The highest BCUT2D eigenvalue weighted by Gasteiger charge is 2.35. The molecule has 0 fully saturated rings. The fourth-order valence-corrected chi connectivity index (χ4v) is 6.51. The summed E-state index contributed by atoms with van der Waals surface area (Å²) in [5.74, 6) is -0.122. The van der Waals surface area contributed by atoms with E-state index in [0.29, 0.717) is 53.5 Å². The summed E-state index contributed by atoms with van der Waals surface area (Å²) in [6.07, 6.45) is 0.240. The molecule has 0 saturated carbocycles. The highest BCUT2D eigenvalue weighted by Crippen LogP contribution is 2.32. The van der Waals surface area contributed by atoms with Gasteiger partial charge in [0.25, 0.3) is 11.8 Å². The summed E-state index contributed by atoms with van der Waals surface area (Å²) in [5, 5.41) is 15.3. The fourth-order valence-electron chi connectivity index (χ4n) is 6.39. The molecule has 2 atom stereocenters. The first-order valence-electron chi connectivity index (χ1n) is 17.0. The summed E-state index contributed by atoms with van der Waals surface area (Å²) >= 11 is 6.21. The number of fused-ring (bicyclic) bond motifs is 2. The molecule has 11 heteroatoms. The van der Waals surface area contributed by atoms with E-state index in [9.17, 15) is 24.3 Å². The lowest BCUT2D eigenvalue weighted by Crippen LogP contribution is -2.51. The lowest BCUT2D eigenvalue weighted by molar-refractivity contribution is -0.133. The van der Waals surface area contributed by atoms with E-state index in [4.69, 9.17) is 21.1 Å². The number of hydrogen-bond donors (Lipinski definition) is 2. The number of amides is 4. The van der Waals surface area contributed by atoms with Crippen LogP contribution < -0.4 is 14.8 Å². The molecule has 0 saturated heterocycles. The van der Waals surface area contributed by atoms with E-state index in [1.807, 2.05) is 73.7 Å². The van der Waals surface area contributed by atoms with Crippen LogP contribution in [0.3, 0.4) is 0 Å². The molecule has 10 nitrogen and oxygen atoms in total. The van der Waals surface area contributed by atoms with Crippen LogP contribution in [-0.4, -0.2) is 77.1 Å². The van der Waals surface area contributed by atoms with E-state index in [1.54, 1.807) is 29.2 Å². The van der Waals surface area contributed by atoms with Gasteiger partial charge in [0, 0.05) is 37.5 Å². The zero-order valence-corrected chi connectivity index (χ0v) is 29.1. The van der Waals surface area contributed by atoms with Gasteiger partial charge in [-0.15, -0.1) is 0 Å². The lowest BCUT2D eigenvalue weighted by Gasteiger charge is -2.31. The Labute approximate surface area is 301 Å². The van der Waals surface area contributed by atoms with Crippen LogP contribution in [0.1, 0.15) is 55.8 Å². The van der Waals surface area contributed by atoms with E-state index in [-0.39, 0.29) is 38.6 Å². The third-order valence-electron chi connectivity index (χ3n) is 9.27. The van der Waals surface area contributed by atoms with Crippen molar-refractivity contribution in [3.63, 3.8) is 0 Å². The maximum atomic E-state index is 13.8. The molecule has 2 aliphatic heterocycles. The van der Waals surface area contributed by atoms with Gasteiger partial charge < -0.3 is 24.8 Å². The zero-order valence-electron chi connectivity index (χ0n) is 28.3. The minimum absolute atomic E-state index is 0.0286. The highest BCUT2D eigenvalue weighted by molar-refractivity contribution is 6.31. The molecule has 4 amide bonds. The molecule has 51 heavy (non-hydrogen) atoms. The molecule has 0 spiro atoms. The van der Waals surface area contributed by atoms with Crippen LogP contribution in [0.5, 0.6) is 11.5 Å². The van der Waals surface area contributed by atoms with Crippen molar-refractivity contribution in [1.29, 1.82) is 0 Å². The maximum absolute atomic E-state index is 13.8. The first kappa shape index (κ1) is 35.6. The number of aliphatic hydroxyl groups is 1. The number of benzene rings is 4. The van der Waals surface area contributed by atoms with Crippen molar-refractivity contribution in [2.45, 2.75) is 51.2 Å². The number of aryl methyl sites for hydroxylation is 2. The summed E-state index contributed by atoms with van der Waals surface area (Å²) in [6.45, 7) is 2.27. The molecule has 2 heterocycles. The maximum Gasteiger partial charge on any atom is 0.261 e. The van der Waals surface area contributed by atoms with Gasteiger partial charge in [-0.25, -0.2) is 0 Å². The van der Waals surface area contributed by atoms with Gasteiger partial charge in [0.1, 0.15) is 0 Å². The van der Waals surface area contributed by atoms with Crippen LogP contribution in [0, 0.1) is 6.92 Å². The van der Waals surface area contributed by atoms with E-state index >= 15 is 0 Å². The topological polar surface area (TPSA) is 125 Å². The first-order chi connectivity index (χ1) is 24.7. The standard InChI is InChI=1S/C40H40ClN3O7/c1-26-21-28(11-14-32(26)41)13-16-38(47)43(19-17-29-12-15-35-36(23-29)51-25-50-35)24-34(45)33(22-27-7-3-2-4-8-27)42-37(46)18-20-44-39(48)30-9-5-6-10-31(30)40(44)49/h2-12,14-15,21,23,33-34,45H,13,16-20,22,24-25H2,1H3,(H,42,46). The number of carbonyl (C=O) groups excluding carboxylic acids is 4. The SMILES string of the molecule is Cc1cc(CCC(=O)N(CCc2ccc3c(c2)OCO3)CC(O)C(Cc2ccccc2)NC(=O)CCN2C(=O)c3ccccc3C2=O)ccc1Cl. The Morgan fingerprint density at radius 2 is 1.51 bits per heavy atom. The lowest BCUT2D eigenvalue weighted by atomic mass is 9.99. The predicted octanol–water partition coefficient (Wildman–Crippen LogP) is 5.16. The van der Waals surface area contributed by atoms with Crippen molar-refractivity contribution in [3.8, 4) is 11.5 Å². The van der Waals surface area contributed by atoms with Crippen LogP contribution in [0.25, 0.3) is 0 Å². The molecule has 4 aromatic carbocycles. The minimum Gasteiger partial charge on any atom is -0.454 e. The Morgan fingerprint density at radius 1 is 0.843 bits per heavy atom. The van der Waals surface area contributed by atoms with Crippen LogP contribution in [0.4, 0.5) is 0 Å². The van der Waals surface area contributed by atoms with Gasteiger partial charge in [-0.05, 0) is 78.8 Å². The normalized spacial score (nSPS) is 14.3. The predicted molar refractivity (Wildman–Crippen MR) is 192 cm³/mol. The van der Waals surface area contributed by atoms with E-state index in [1.165, 1.54) is 0 Å². The smallest absolute Gasteiger partial charge is 0.261 e. The molecule has 6 rings (SSSR count). The number of carbonyl (C=O) groups is 4. The van der Waals surface area contributed by atoms with Crippen LogP contribution in [-0.2, 0) is 28.9 Å². The number of nitrogens with zero attached hydrogens (tertiary/aromatic N) is 2. The average Bonchev–Trinajstić information content (AvgIpc) is 3.70. The average molecular weight is 710 g/mol. The second-order valence-corrected chi connectivity index (χ2v) is 13.3. The van der Waals surface area contributed by atoms with Gasteiger partial charge in [0.2, 0.25) is 18.6 Å². The fraction of sp³-hybridized carbons (Fsp3) is 0.300. The van der Waals surface area contributed by atoms with E-state index in [0.717, 1.165) is 27.2 Å². The second-order valence-electron chi connectivity index (χ2n) is 12.8. The molecule has 0 bridgehead atoms. The summed E-state index contributed by atoms with van der Waals surface area (Å²) in [6, 6.07) is 26.6. The van der Waals surface area contributed by atoms with Crippen LogP contribution in [0.2, 0.25) is 5.02 Å². The van der Waals surface area contributed by atoms with Crippen molar-refractivity contribution in [2.75, 3.05) is 26.4 Å². The summed E-state index contributed by atoms with van der Waals surface area (Å²) in [5.41, 5.74) is 4.38. The van der Waals surface area contributed by atoms with Crippen LogP contribution in [0.15, 0.2) is 91.0 Å². The van der Waals surface area contributed by atoms with Gasteiger partial charge in [-0.2, -0.15) is 0 Å². The van der Waals surface area contributed by atoms with E-state index < -0.39 is 29.9 Å². The Balaban J connectivity index is 1.15. The summed E-state index contributed by atoms with van der Waals surface area (Å²) in [7, 11) is 0. The van der Waals surface area contributed by atoms with Crippen molar-refractivity contribution < 1.29 is 33.8 Å². The number of aliphatic hydroxyl groups excluding tert-OH is 1. The first-order valence-corrected chi connectivity index (χ1v) is 17.4. The van der Waals surface area contributed by atoms with Crippen LogP contribution >= 0.6 is 11.6 Å². The van der Waals surface area contributed by atoms with Gasteiger partial charge >= 0.3 is 0 Å². The largest absolute Gasteiger partial charge is 0.454 e. The zero-order chi connectivity index (χ0) is 35.9. The Bertz CT molecular complexity index is 1880. The number of hydrogen-bond acceptors (Lipinski definition) is 7. The van der Waals surface area contributed by atoms with Crippen molar-refractivity contribution in [2.24, 2.45) is 0 Å². The molecular formula is C40H40ClN3O7. The highest BCUT2D eigenvalue weighted by atomic mass is 35.5. The summed E-state index contributed by atoms with van der Waals surface area (Å²) < 4.78 is 11.0. The molecule has 264 valence electrons. The Hall–Kier alpha value is -5.19. The van der Waals surface area contributed by atoms with Gasteiger partial charge in [-0.1, -0.05) is 72.3 Å². The third-order valence-corrected chi connectivity index (χ3v) is 9.69. The van der Waals surface area contributed by atoms with Crippen molar-refractivity contribution in [1.82, 2.24) is 15.1 Å². The van der Waals surface area contributed by atoms with Crippen molar-refractivity contribution >= 4 is 35.2 Å². The molecular weight excluding hydrogens is 670 g/mol. The molecule has 0 aliphatic carbocycles.